The molecule has 0 aliphatic carbocycles. The van der Waals surface area contributed by atoms with E-state index in [2.05, 4.69) is 10.0 Å². The highest BCUT2D eigenvalue weighted by molar-refractivity contribution is 7.92. The van der Waals surface area contributed by atoms with Crippen molar-refractivity contribution in [2.45, 2.75) is 4.90 Å². The molecule has 0 aromatic heterocycles. The lowest BCUT2D eigenvalue weighted by atomic mass is 10.2. The molecule has 29 heavy (non-hydrogen) atoms. The molecule has 0 radical (unpaired) electrons. The molecular weight excluding hydrogens is 392 g/mol. The van der Waals surface area contributed by atoms with Gasteiger partial charge in [-0.25, -0.2) is 8.42 Å². The summed E-state index contributed by atoms with van der Waals surface area (Å²) < 4.78 is 37.8. The molecule has 2 N–H and O–H groups in total. The van der Waals surface area contributed by atoms with Crippen LogP contribution >= 0.6 is 0 Å². The van der Waals surface area contributed by atoms with E-state index < -0.39 is 10.0 Å². The lowest BCUT2D eigenvalue weighted by molar-refractivity contribution is 0.102. The van der Waals surface area contributed by atoms with Crippen molar-refractivity contribution in [1.29, 1.82) is 0 Å². The third-order valence-corrected chi connectivity index (χ3v) is 5.49. The van der Waals surface area contributed by atoms with Gasteiger partial charge in [0.2, 0.25) is 0 Å². The van der Waals surface area contributed by atoms with Crippen molar-refractivity contribution in [2.24, 2.45) is 0 Å². The maximum atomic E-state index is 12.5. The average molecular weight is 412 g/mol. The van der Waals surface area contributed by atoms with Crippen LogP contribution in [0.2, 0.25) is 0 Å². The minimum Gasteiger partial charge on any atom is -0.493 e. The Balaban J connectivity index is 1.73. The van der Waals surface area contributed by atoms with Crippen LogP contribution in [0.25, 0.3) is 0 Å². The van der Waals surface area contributed by atoms with E-state index in [-0.39, 0.29) is 10.8 Å². The van der Waals surface area contributed by atoms with Crippen LogP contribution in [-0.2, 0) is 10.0 Å². The number of rotatable bonds is 7. The Hall–Kier alpha value is -3.52. The van der Waals surface area contributed by atoms with E-state index >= 15 is 0 Å². The first-order chi connectivity index (χ1) is 13.9. The lowest BCUT2D eigenvalue weighted by Gasteiger charge is -2.11. The Morgan fingerprint density at radius 1 is 0.793 bits per heavy atom. The van der Waals surface area contributed by atoms with Crippen LogP contribution in [-0.4, -0.2) is 28.5 Å². The molecule has 0 unspecified atom stereocenters. The smallest absolute Gasteiger partial charge is 0.261 e. The van der Waals surface area contributed by atoms with Crippen LogP contribution in [0.3, 0.4) is 0 Å². The lowest BCUT2D eigenvalue weighted by Crippen LogP contribution is -2.14. The summed E-state index contributed by atoms with van der Waals surface area (Å²) in [6.45, 7) is 0. The fraction of sp³-hybridized carbons (Fsp3) is 0.0952. The Morgan fingerprint density at radius 2 is 1.45 bits per heavy atom. The zero-order valence-corrected chi connectivity index (χ0v) is 16.7. The molecule has 0 fully saturated rings. The molecule has 8 heteroatoms. The van der Waals surface area contributed by atoms with Crippen molar-refractivity contribution in [1.82, 2.24) is 0 Å². The number of benzene rings is 3. The minimum atomic E-state index is -3.72. The third kappa shape index (κ3) is 4.85. The van der Waals surface area contributed by atoms with Gasteiger partial charge in [-0.2, -0.15) is 0 Å². The predicted molar refractivity (Wildman–Crippen MR) is 111 cm³/mol. The summed E-state index contributed by atoms with van der Waals surface area (Å²) in [6.07, 6.45) is 0. The molecule has 0 saturated heterocycles. The number of hydrogen-bond acceptors (Lipinski definition) is 5. The number of anilines is 2. The summed E-state index contributed by atoms with van der Waals surface area (Å²) in [6, 6.07) is 19.3. The summed E-state index contributed by atoms with van der Waals surface area (Å²) in [4.78, 5) is 12.6. The number of para-hydroxylation sites is 1. The van der Waals surface area contributed by atoms with Gasteiger partial charge in [0.05, 0.1) is 19.1 Å². The molecule has 7 nitrogen and oxygen atoms in total. The fourth-order valence-corrected chi connectivity index (χ4v) is 3.68. The number of sulfonamides is 1. The zero-order valence-electron chi connectivity index (χ0n) is 15.9. The second kappa shape index (κ2) is 8.66. The van der Waals surface area contributed by atoms with E-state index in [0.29, 0.717) is 28.4 Å². The van der Waals surface area contributed by atoms with Gasteiger partial charge in [-0.1, -0.05) is 18.2 Å². The molecule has 0 aliphatic heterocycles. The van der Waals surface area contributed by atoms with Crippen LogP contribution in [0.4, 0.5) is 11.4 Å². The third-order valence-electron chi connectivity index (χ3n) is 4.09. The number of ether oxygens (including phenoxy) is 2. The maximum Gasteiger partial charge on any atom is 0.261 e. The Kier molecular flexibility index (Phi) is 6.04. The quantitative estimate of drug-likeness (QED) is 0.616. The van der Waals surface area contributed by atoms with E-state index in [4.69, 9.17) is 9.47 Å². The van der Waals surface area contributed by atoms with Gasteiger partial charge in [-0.05, 0) is 54.6 Å². The van der Waals surface area contributed by atoms with E-state index in [0.717, 1.165) is 0 Å². The molecule has 150 valence electrons. The van der Waals surface area contributed by atoms with Crippen molar-refractivity contribution < 1.29 is 22.7 Å². The van der Waals surface area contributed by atoms with Crippen LogP contribution in [0.5, 0.6) is 11.5 Å². The van der Waals surface area contributed by atoms with Crippen molar-refractivity contribution in [3.8, 4) is 11.5 Å². The largest absolute Gasteiger partial charge is 0.493 e. The second-order valence-electron chi connectivity index (χ2n) is 6.02. The molecular formula is C21H20N2O5S. The van der Waals surface area contributed by atoms with Crippen molar-refractivity contribution in [3.63, 3.8) is 0 Å². The summed E-state index contributed by atoms with van der Waals surface area (Å²) >= 11 is 0. The first-order valence-corrected chi connectivity index (χ1v) is 10.1. The monoisotopic (exact) mass is 412 g/mol. The zero-order chi connectivity index (χ0) is 20.9. The summed E-state index contributed by atoms with van der Waals surface area (Å²) in [7, 11) is -0.719. The summed E-state index contributed by atoms with van der Waals surface area (Å²) in [5, 5.41) is 2.72. The first-order valence-electron chi connectivity index (χ1n) is 8.64. The number of carbonyl (C=O) groups excluding carboxylic acids is 1. The summed E-state index contributed by atoms with van der Waals surface area (Å²) in [5.74, 6) is 0.599. The number of methoxy groups -OCH3 is 2. The minimum absolute atomic E-state index is 0.0884. The highest BCUT2D eigenvalue weighted by Crippen LogP contribution is 2.28. The van der Waals surface area contributed by atoms with Crippen LogP contribution in [0.15, 0.2) is 77.7 Å². The topological polar surface area (TPSA) is 93.7 Å². The SMILES string of the molecule is COc1ccc(C(=O)Nc2ccc(S(=O)(=O)Nc3ccccc3)cc2)cc1OC. The maximum absolute atomic E-state index is 12.5. The van der Waals surface area contributed by atoms with Gasteiger partial charge >= 0.3 is 0 Å². The standard InChI is InChI=1S/C21H20N2O5S/c1-27-19-13-8-15(14-20(19)28-2)21(24)22-16-9-11-18(12-10-16)29(25,26)23-17-6-4-3-5-7-17/h3-14,23H,1-2H3,(H,22,24). The average Bonchev–Trinajstić information content (AvgIpc) is 2.74. The fourth-order valence-electron chi connectivity index (χ4n) is 2.62. The Labute approximate surface area is 169 Å². The normalized spacial score (nSPS) is 10.8. The number of nitrogens with one attached hydrogen (secondary N) is 2. The molecule has 0 atom stereocenters. The molecule has 0 bridgehead atoms. The van der Waals surface area contributed by atoms with E-state index in [1.54, 1.807) is 48.5 Å². The Morgan fingerprint density at radius 3 is 2.07 bits per heavy atom. The van der Waals surface area contributed by atoms with Gasteiger partial charge < -0.3 is 14.8 Å². The van der Waals surface area contributed by atoms with Crippen molar-refractivity contribution >= 4 is 27.3 Å². The van der Waals surface area contributed by atoms with Crippen LogP contribution < -0.4 is 19.5 Å². The molecule has 0 saturated carbocycles. The van der Waals surface area contributed by atoms with Gasteiger partial charge in [-0.3, -0.25) is 9.52 Å². The number of carbonyl (C=O) groups is 1. The number of amides is 1. The van der Waals surface area contributed by atoms with Gasteiger partial charge in [-0.15, -0.1) is 0 Å². The van der Waals surface area contributed by atoms with Gasteiger partial charge in [0.15, 0.2) is 11.5 Å². The van der Waals surface area contributed by atoms with E-state index in [9.17, 15) is 13.2 Å². The molecule has 3 aromatic rings. The predicted octanol–water partition coefficient (Wildman–Crippen LogP) is 3.76. The molecule has 3 aromatic carbocycles. The van der Waals surface area contributed by atoms with E-state index in [1.807, 2.05) is 0 Å². The van der Waals surface area contributed by atoms with Crippen molar-refractivity contribution in [2.75, 3.05) is 24.3 Å². The Bertz CT molecular complexity index is 1100. The number of hydrogen-bond donors (Lipinski definition) is 2. The summed E-state index contributed by atoms with van der Waals surface area (Å²) in [5.41, 5.74) is 1.31. The molecule has 0 spiro atoms. The second-order valence-corrected chi connectivity index (χ2v) is 7.70. The highest BCUT2D eigenvalue weighted by atomic mass is 32.2. The molecule has 3 rings (SSSR count). The molecule has 1 amide bonds. The van der Waals surface area contributed by atoms with Crippen LogP contribution in [0, 0.1) is 0 Å². The molecule has 0 heterocycles. The highest BCUT2D eigenvalue weighted by Gasteiger charge is 2.15. The van der Waals surface area contributed by atoms with E-state index in [1.165, 1.54) is 38.5 Å². The first kappa shape index (κ1) is 20.2. The molecule has 0 aliphatic rings. The van der Waals surface area contributed by atoms with Crippen molar-refractivity contribution in [3.05, 3.63) is 78.4 Å². The van der Waals surface area contributed by atoms with Gasteiger partial charge in [0, 0.05) is 16.9 Å². The van der Waals surface area contributed by atoms with Crippen LogP contribution in [0.1, 0.15) is 10.4 Å². The van der Waals surface area contributed by atoms with Gasteiger partial charge in [0.25, 0.3) is 15.9 Å². The van der Waals surface area contributed by atoms with Gasteiger partial charge in [0.1, 0.15) is 0 Å².